The predicted octanol–water partition coefficient (Wildman–Crippen LogP) is 2.39. The highest BCUT2D eigenvalue weighted by molar-refractivity contribution is 5.86. The van der Waals surface area contributed by atoms with E-state index in [0.29, 0.717) is 38.0 Å². The van der Waals surface area contributed by atoms with E-state index in [2.05, 4.69) is 6.58 Å². The summed E-state index contributed by atoms with van der Waals surface area (Å²) < 4.78 is 15.6. The quantitative estimate of drug-likeness (QED) is 0.389. The van der Waals surface area contributed by atoms with Crippen molar-refractivity contribution in [2.45, 2.75) is 51.6 Å². The Balaban J connectivity index is 1.97. The summed E-state index contributed by atoms with van der Waals surface area (Å²) >= 11 is 0. The normalized spacial score (nSPS) is 18.4. The first-order chi connectivity index (χ1) is 9.59. The Morgan fingerprint density at radius 3 is 2.70 bits per heavy atom. The van der Waals surface area contributed by atoms with E-state index >= 15 is 0 Å². The van der Waals surface area contributed by atoms with E-state index in [1.807, 2.05) is 0 Å². The zero-order valence-corrected chi connectivity index (χ0v) is 12.2. The topological polar surface area (TPSA) is 61.8 Å². The Labute approximate surface area is 120 Å². The second-order valence-corrected chi connectivity index (χ2v) is 5.04. The van der Waals surface area contributed by atoms with Gasteiger partial charge in [-0.1, -0.05) is 6.58 Å². The summed E-state index contributed by atoms with van der Waals surface area (Å²) in [5, 5.41) is 0. The van der Waals surface area contributed by atoms with Crippen molar-refractivity contribution >= 4 is 11.9 Å². The van der Waals surface area contributed by atoms with Gasteiger partial charge in [0.05, 0.1) is 12.7 Å². The number of carbonyl (C=O) groups is 2. The Bertz CT molecular complexity index is 331. The summed E-state index contributed by atoms with van der Waals surface area (Å²) in [6.07, 6.45) is 4.89. The molecule has 1 aliphatic heterocycles. The van der Waals surface area contributed by atoms with Gasteiger partial charge >= 0.3 is 11.9 Å². The van der Waals surface area contributed by atoms with Crippen LogP contribution in [0.5, 0.6) is 0 Å². The molecular weight excluding hydrogens is 260 g/mol. The summed E-state index contributed by atoms with van der Waals surface area (Å²) in [5.74, 6) is -0.604. The van der Waals surface area contributed by atoms with Crippen molar-refractivity contribution in [3.8, 4) is 0 Å². The third-order valence-corrected chi connectivity index (χ3v) is 3.06. The van der Waals surface area contributed by atoms with E-state index < -0.39 is 0 Å². The minimum absolute atomic E-state index is 0.0595. The van der Waals surface area contributed by atoms with Crippen LogP contribution in [0.25, 0.3) is 0 Å². The third kappa shape index (κ3) is 7.28. The molecule has 1 fully saturated rings. The van der Waals surface area contributed by atoms with Crippen molar-refractivity contribution in [2.75, 3.05) is 19.8 Å². The maximum Gasteiger partial charge on any atom is 0.333 e. The highest BCUT2D eigenvalue weighted by Crippen LogP contribution is 2.13. The first-order valence-electron chi connectivity index (χ1n) is 7.19. The zero-order valence-electron chi connectivity index (χ0n) is 12.2. The van der Waals surface area contributed by atoms with Gasteiger partial charge in [0.2, 0.25) is 0 Å². The minimum atomic E-state index is -0.387. The molecule has 114 valence electrons. The van der Waals surface area contributed by atoms with Crippen LogP contribution in [0.1, 0.15) is 45.4 Å². The van der Waals surface area contributed by atoms with E-state index in [9.17, 15) is 9.59 Å². The molecule has 0 spiro atoms. The smallest absolute Gasteiger partial charge is 0.333 e. The average Bonchev–Trinajstić information content (AvgIpc) is 2.45. The van der Waals surface area contributed by atoms with Gasteiger partial charge in [-0.3, -0.25) is 4.79 Å². The number of esters is 2. The number of carbonyl (C=O) groups excluding carboxylic acids is 2. The maximum absolute atomic E-state index is 11.5. The first-order valence-corrected chi connectivity index (χ1v) is 7.19. The molecule has 0 N–H and O–H groups in total. The van der Waals surface area contributed by atoms with E-state index in [4.69, 9.17) is 14.2 Å². The molecule has 5 heteroatoms. The first kappa shape index (κ1) is 16.7. The molecule has 0 amide bonds. The fraction of sp³-hybridized carbons (Fsp3) is 0.733. The molecular formula is C15H24O5. The maximum atomic E-state index is 11.5. The zero-order chi connectivity index (χ0) is 14.8. The molecule has 20 heavy (non-hydrogen) atoms. The van der Waals surface area contributed by atoms with Crippen LogP contribution >= 0.6 is 0 Å². The van der Waals surface area contributed by atoms with E-state index in [1.165, 1.54) is 0 Å². The molecule has 1 saturated heterocycles. The van der Waals surface area contributed by atoms with E-state index in [0.717, 1.165) is 25.9 Å². The minimum Gasteiger partial charge on any atom is -0.463 e. The van der Waals surface area contributed by atoms with Gasteiger partial charge in [-0.2, -0.15) is 0 Å². The van der Waals surface area contributed by atoms with Crippen molar-refractivity contribution in [3.63, 3.8) is 0 Å². The van der Waals surface area contributed by atoms with Gasteiger partial charge in [0.1, 0.15) is 6.61 Å². The fourth-order valence-electron chi connectivity index (χ4n) is 1.86. The average molecular weight is 284 g/mol. The SMILES string of the molecule is C=C(C)C(=O)OCCCCC(=O)OCC1CCCCO1. The lowest BCUT2D eigenvalue weighted by molar-refractivity contribution is -0.149. The molecule has 1 rings (SSSR count). The van der Waals surface area contributed by atoms with Crippen LogP contribution in [0.15, 0.2) is 12.2 Å². The van der Waals surface area contributed by atoms with Crippen molar-refractivity contribution in [1.29, 1.82) is 0 Å². The third-order valence-electron chi connectivity index (χ3n) is 3.06. The van der Waals surface area contributed by atoms with Gasteiger partial charge in [-0.15, -0.1) is 0 Å². The number of ether oxygens (including phenoxy) is 3. The monoisotopic (exact) mass is 284 g/mol. The van der Waals surface area contributed by atoms with Crippen LogP contribution < -0.4 is 0 Å². The second-order valence-electron chi connectivity index (χ2n) is 5.04. The molecule has 1 unspecified atom stereocenters. The van der Waals surface area contributed by atoms with Crippen LogP contribution in [0, 0.1) is 0 Å². The van der Waals surface area contributed by atoms with Crippen LogP contribution in [-0.4, -0.2) is 37.9 Å². The van der Waals surface area contributed by atoms with Crippen molar-refractivity contribution in [1.82, 2.24) is 0 Å². The fourth-order valence-corrected chi connectivity index (χ4v) is 1.86. The Morgan fingerprint density at radius 1 is 1.25 bits per heavy atom. The molecule has 0 saturated carbocycles. The summed E-state index contributed by atoms with van der Waals surface area (Å²) in [4.78, 5) is 22.6. The Kier molecular flexibility index (Phi) is 7.95. The van der Waals surface area contributed by atoms with Gasteiger partial charge in [0.15, 0.2) is 0 Å². The largest absolute Gasteiger partial charge is 0.463 e. The highest BCUT2D eigenvalue weighted by Gasteiger charge is 2.15. The molecule has 5 nitrogen and oxygen atoms in total. The molecule has 0 aromatic carbocycles. The van der Waals surface area contributed by atoms with E-state index in [1.54, 1.807) is 6.92 Å². The second kappa shape index (κ2) is 9.53. The summed E-state index contributed by atoms with van der Waals surface area (Å²) in [6.45, 7) is 6.52. The van der Waals surface area contributed by atoms with Crippen LogP contribution in [-0.2, 0) is 23.8 Å². The van der Waals surface area contributed by atoms with Crippen LogP contribution in [0.3, 0.4) is 0 Å². The molecule has 1 heterocycles. The predicted molar refractivity (Wildman–Crippen MR) is 74.2 cm³/mol. The number of unbranched alkanes of at least 4 members (excludes halogenated alkanes) is 1. The molecule has 0 bridgehead atoms. The van der Waals surface area contributed by atoms with Gasteiger partial charge in [-0.05, 0) is 39.0 Å². The van der Waals surface area contributed by atoms with E-state index in [-0.39, 0.29) is 18.0 Å². The number of hydrogen-bond donors (Lipinski definition) is 0. The lowest BCUT2D eigenvalue weighted by Gasteiger charge is -2.22. The molecule has 0 aromatic heterocycles. The Hall–Kier alpha value is -1.36. The molecule has 1 atom stereocenters. The van der Waals surface area contributed by atoms with Gasteiger partial charge in [0, 0.05) is 18.6 Å². The standard InChI is InChI=1S/C15H24O5/c1-12(2)15(17)19-10-6-4-8-14(16)20-11-13-7-3-5-9-18-13/h13H,1,3-11H2,2H3. The van der Waals surface area contributed by atoms with Gasteiger partial charge in [0.25, 0.3) is 0 Å². The van der Waals surface area contributed by atoms with Crippen molar-refractivity contribution in [2.24, 2.45) is 0 Å². The van der Waals surface area contributed by atoms with Gasteiger partial charge < -0.3 is 14.2 Å². The number of rotatable bonds is 8. The molecule has 0 aliphatic carbocycles. The van der Waals surface area contributed by atoms with Gasteiger partial charge in [-0.25, -0.2) is 4.79 Å². The lowest BCUT2D eigenvalue weighted by atomic mass is 10.1. The Morgan fingerprint density at radius 2 is 2.05 bits per heavy atom. The molecule has 1 aliphatic rings. The highest BCUT2D eigenvalue weighted by atomic mass is 16.6. The summed E-state index contributed by atoms with van der Waals surface area (Å²) in [5.41, 5.74) is 0.386. The molecule has 0 aromatic rings. The summed E-state index contributed by atoms with van der Waals surface area (Å²) in [6, 6.07) is 0. The van der Waals surface area contributed by atoms with Crippen LogP contribution in [0.2, 0.25) is 0 Å². The number of hydrogen-bond acceptors (Lipinski definition) is 5. The van der Waals surface area contributed by atoms with Crippen LogP contribution in [0.4, 0.5) is 0 Å². The lowest BCUT2D eigenvalue weighted by Crippen LogP contribution is -2.25. The van der Waals surface area contributed by atoms with Crippen molar-refractivity contribution < 1.29 is 23.8 Å². The summed E-state index contributed by atoms with van der Waals surface area (Å²) in [7, 11) is 0. The molecule has 0 radical (unpaired) electrons. The van der Waals surface area contributed by atoms with Crippen molar-refractivity contribution in [3.05, 3.63) is 12.2 Å².